The molecule has 0 fully saturated rings. The van der Waals surface area contributed by atoms with E-state index in [0.29, 0.717) is 18.3 Å². The molecule has 1 unspecified atom stereocenters. The Balaban J connectivity index is 1.95. The van der Waals surface area contributed by atoms with Crippen molar-refractivity contribution in [3.8, 4) is 5.75 Å². The van der Waals surface area contributed by atoms with Gasteiger partial charge in [0.15, 0.2) is 6.61 Å². The van der Waals surface area contributed by atoms with E-state index in [9.17, 15) is 0 Å². The van der Waals surface area contributed by atoms with Gasteiger partial charge in [0.25, 0.3) is 0 Å². The smallest absolute Gasteiger partial charge is 0.243 e. The summed E-state index contributed by atoms with van der Waals surface area (Å²) in [5.74, 6) is 1.96. The first-order valence-electron chi connectivity index (χ1n) is 6.01. The van der Waals surface area contributed by atoms with Crippen LogP contribution in [-0.4, -0.2) is 17.2 Å². The molecule has 0 aliphatic heterocycles. The second-order valence-corrected chi connectivity index (χ2v) is 3.90. The summed E-state index contributed by atoms with van der Waals surface area (Å²) in [4.78, 5) is 4.30. The van der Waals surface area contributed by atoms with Gasteiger partial charge in [-0.2, -0.15) is 4.98 Å². The summed E-state index contributed by atoms with van der Waals surface area (Å²) >= 11 is 0. The molecule has 0 saturated carbocycles. The van der Waals surface area contributed by atoms with Crippen LogP contribution in [0.5, 0.6) is 5.75 Å². The fraction of sp³-hybridized carbons (Fsp3) is 0.385. The van der Waals surface area contributed by atoms with Crippen molar-refractivity contribution in [3.63, 3.8) is 0 Å². The van der Waals surface area contributed by atoms with Gasteiger partial charge in [-0.25, -0.2) is 0 Å². The number of nitrogens with zero attached hydrogens (tertiary/aromatic N) is 2. The minimum absolute atomic E-state index is 0.1000. The van der Waals surface area contributed by atoms with Crippen LogP contribution >= 0.6 is 0 Å². The number of hydrogen-bond donors (Lipinski definition) is 1. The average molecular weight is 247 g/mol. The molecule has 0 spiro atoms. The van der Waals surface area contributed by atoms with Crippen LogP contribution < -0.4 is 10.1 Å². The Bertz CT molecular complexity index is 466. The van der Waals surface area contributed by atoms with Gasteiger partial charge in [0.2, 0.25) is 11.7 Å². The van der Waals surface area contributed by atoms with Gasteiger partial charge in [-0.05, 0) is 25.6 Å². The van der Waals surface area contributed by atoms with Crippen LogP contribution in [0.2, 0.25) is 0 Å². The maximum atomic E-state index is 5.55. The second-order valence-electron chi connectivity index (χ2n) is 3.90. The normalized spacial score (nSPS) is 12.3. The molecule has 0 aliphatic rings. The Hall–Kier alpha value is -1.88. The van der Waals surface area contributed by atoms with E-state index in [2.05, 4.69) is 22.4 Å². The summed E-state index contributed by atoms with van der Waals surface area (Å²) in [6, 6.07) is 9.67. The molecular formula is C13H17N3O2. The van der Waals surface area contributed by atoms with Crippen LogP contribution in [0.1, 0.15) is 31.1 Å². The zero-order valence-corrected chi connectivity index (χ0v) is 10.6. The van der Waals surface area contributed by atoms with Gasteiger partial charge in [-0.3, -0.25) is 0 Å². The lowest BCUT2D eigenvalue weighted by Gasteiger charge is -2.06. The minimum Gasteiger partial charge on any atom is -0.485 e. The van der Waals surface area contributed by atoms with Crippen molar-refractivity contribution in [2.24, 2.45) is 0 Å². The first-order valence-corrected chi connectivity index (χ1v) is 6.01. The molecule has 0 aliphatic carbocycles. The summed E-state index contributed by atoms with van der Waals surface area (Å²) < 4.78 is 10.7. The monoisotopic (exact) mass is 247 g/mol. The number of rotatable bonds is 6. The van der Waals surface area contributed by atoms with Crippen LogP contribution in [0.4, 0.5) is 0 Å². The number of benzene rings is 1. The van der Waals surface area contributed by atoms with Crippen LogP contribution in [0.3, 0.4) is 0 Å². The van der Waals surface area contributed by atoms with E-state index in [1.165, 1.54) is 0 Å². The average Bonchev–Trinajstić information content (AvgIpc) is 2.88. The zero-order valence-electron chi connectivity index (χ0n) is 10.6. The van der Waals surface area contributed by atoms with Crippen molar-refractivity contribution in [2.45, 2.75) is 26.0 Å². The summed E-state index contributed by atoms with van der Waals surface area (Å²) in [6.45, 7) is 2.37. The van der Waals surface area contributed by atoms with Gasteiger partial charge in [-0.15, -0.1) is 0 Å². The quantitative estimate of drug-likeness (QED) is 0.848. The Morgan fingerprint density at radius 3 is 2.78 bits per heavy atom. The predicted octanol–water partition coefficient (Wildman–Crippen LogP) is 2.32. The van der Waals surface area contributed by atoms with E-state index in [-0.39, 0.29) is 6.04 Å². The van der Waals surface area contributed by atoms with Crippen LogP contribution in [0, 0.1) is 0 Å². The van der Waals surface area contributed by atoms with E-state index >= 15 is 0 Å². The molecule has 1 aromatic carbocycles. The van der Waals surface area contributed by atoms with Crippen molar-refractivity contribution in [1.29, 1.82) is 0 Å². The highest BCUT2D eigenvalue weighted by Gasteiger charge is 2.15. The second kappa shape index (κ2) is 6.16. The molecule has 1 N–H and O–H groups in total. The van der Waals surface area contributed by atoms with E-state index in [4.69, 9.17) is 9.26 Å². The first-order chi connectivity index (χ1) is 8.83. The highest BCUT2D eigenvalue weighted by Crippen LogP contribution is 2.15. The first kappa shape index (κ1) is 12.6. The zero-order chi connectivity index (χ0) is 12.8. The van der Waals surface area contributed by atoms with Crippen LogP contribution in [0.25, 0.3) is 0 Å². The third kappa shape index (κ3) is 3.07. The molecule has 18 heavy (non-hydrogen) atoms. The molecule has 0 saturated heterocycles. The van der Waals surface area contributed by atoms with Crippen molar-refractivity contribution in [3.05, 3.63) is 42.0 Å². The lowest BCUT2D eigenvalue weighted by atomic mass is 10.2. The molecule has 5 nitrogen and oxygen atoms in total. The van der Waals surface area contributed by atoms with Crippen molar-refractivity contribution >= 4 is 0 Å². The number of para-hydroxylation sites is 1. The highest BCUT2D eigenvalue weighted by atomic mass is 16.5. The summed E-state index contributed by atoms with van der Waals surface area (Å²) in [6.07, 6.45) is 0.900. The number of hydrogen-bond acceptors (Lipinski definition) is 5. The molecule has 5 heteroatoms. The fourth-order valence-corrected chi connectivity index (χ4v) is 1.63. The maximum Gasteiger partial charge on any atom is 0.243 e. The molecule has 1 aromatic heterocycles. The van der Waals surface area contributed by atoms with Crippen molar-refractivity contribution < 1.29 is 9.26 Å². The van der Waals surface area contributed by atoms with Gasteiger partial charge < -0.3 is 14.6 Å². The largest absolute Gasteiger partial charge is 0.485 e. The summed E-state index contributed by atoms with van der Waals surface area (Å²) in [5, 5.41) is 7.02. The number of ether oxygens (including phenoxy) is 1. The standard InChI is InChI=1S/C13H17N3O2/c1-3-11(14-2)13-15-12(16-18-13)9-17-10-7-5-4-6-8-10/h4-8,11,14H,3,9H2,1-2H3. The van der Waals surface area contributed by atoms with Crippen molar-refractivity contribution in [1.82, 2.24) is 15.5 Å². The fourth-order valence-electron chi connectivity index (χ4n) is 1.63. The van der Waals surface area contributed by atoms with Crippen LogP contribution in [0.15, 0.2) is 34.9 Å². The molecule has 0 bridgehead atoms. The van der Waals surface area contributed by atoms with Gasteiger partial charge in [0.1, 0.15) is 5.75 Å². The maximum absolute atomic E-state index is 5.55. The van der Waals surface area contributed by atoms with E-state index in [1.807, 2.05) is 37.4 Å². The van der Waals surface area contributed by atoms with E-state index < -0.39 is 0 Å². The molecule has 0 amide bonds. The Morgan fingerprint density at radius 1 is 1.33 bits per heavy atom. The summed E-state index contributed by atoms with van der Waals surface area (Å²) in [5.41, 5.74) is 0. The van der Waals surface area contributed by atoms with E-state index in [0.717, 1.165) is 12.2 Å². The summed E-state index contributed by atoms with van der Waals surface area (Å²) in [7, 11) is 1.87. The molecule has 2 aromatic rings. The third-order valence-electron chi connectivity index (χ3n) is 2.65. The highest BCUT2D eigenvalue weighted by molar-refractivity contribution is 5.20. The van der Waals surface area contributed by atoms with E-state index in [1.54, 1.807) is 0 Å². The van der Waals surface area contributed by atoms with Gasteiger partial charge in [-0.1, -0.05) is 30.3 Å². The lowest BCUT2D eigenvalue weighted by molar-refractivity contribution is 0.282. The third-order valence-corrected chi connectivity index (χ3v) is 2.65. The molecule has 96 valence electrons. The Labute approximate surface area is 106 Å². The molecule has 1 heterocycles. The predicted molar refractivity (Wildman–Crippen MR) is 67.2 cm³/mol. The molecule has 2 rings (SSSR count). The van der Waals surface area contributed by atoms with Crippen LogP contribution in [-0.2, 0) is 6.61 Å². The number of nitrogens with one attached hydrogen (secondary N) is 1. The van der Waals surface area contributed by atoms with Gasteiger partial charge >= 0.3 is 0 Å². The molecule has 0 radical (unpaired) electrons. The molecular weight excluding hydrogens is 230 g/mol. The number of aromatic nitrogens is 2. The Morgan fingerprint density at radius 2 is 2.11 bits per heavy atom. The SMILES string of the molecule is CCC(NC)c1nc(COc2ccccc2)no1. The lowest BCUT2D eigenvalue weighted by Crippen LogP contribution is -2.15. The Kier molecular flexibility index (Phi) is 4.30. The molecule has 1 atom stereocenters. The topological polar surface area (TPSA) is 60.2 Å². The van der Waals surface area contributed by atoms with Crippen molar-refractivity contribution in [2.75, 3.05) is 7.05 Å². The van der Waals surface area contributed by atoms with Gasteiger partial charge in [0, 0.05) is 0 Å². The van der Waals surface area contributed by atoms with Gasteiger partial charge in [0.05, 0.1) is 6.04 Å². The minimum atomic E-state index is 0.1000.